The molecule has 1 aromatic rings. The molecule has 0 heterocycles. The Morgan fingerprint density at radius 1 is 1.33 bits per heavy atom. The predicted molar refractivity (Wildman–Crippen MR) is 95.3 cm³/mol. The number of halogens is 1. The molecule has 0 atom stereocenters. The van der Waals surface area contributed by atoms with Crippen molar-refractivity contribution in [1.82, 2.24) is 5.32 Å². The molecule has 0 fully saturated rings. The van der Waals surface area contributed by atoms with Crippen LogP contribution in [0.3, 0.4) is 0 Å². The maximum atomic E-state index is 11.9. The van der Waals surface area contributed by atoms with Gasteiger partial charge in [0.05, 0.1) is 5.69 Å². The summed E-state index contributed by atoms with van der Waals surface area (Å²) >= 11 is 3.42. The largest absolute Gasteiger partial charge is 0.481 e. The Morgan fingerprint density at radius 2 is 2.08 bits per heavy atom. The maximum absolute atomic E-state index is 11.9. The van der Waals surface area contributed by atoms with Gasteiger partial charge in [-0.25, -0.2) is 0 Å². The molecule has 0 spiro atoms. The van der Waals surface area contributed by atoms with Crippen molar-refractivity contribution < 1.29 is 14.7 Å². The number of carbonyl (C=O) groups is 2. The van der Waals surface area contributed by atoms with Crippen molar-refractivity contribution in [2.24, 2.45) is 0 Å². The number of aliphatic carboxylic acids is 1. The van der Waals surface area contributed by atoms with Crippen molar-refractivity contribution in [3.8, 4) is 6.07 Å². The highest BCUT2D eigenvalue weighted by atomic mass is 79.9. The van der Waals surface area contributed by atoms with Crippen LogP contribution in [0.15, 0.2) is 34.4 Å². The first-order valence-electron chi connectivity index (χ1n) is 7.57. The smallest absolute Gasteiger partial charge is 0.303 e. The number of carboxylic acid groups (broad SMARTS) is 1. The zero-order valence-electron chi connectivity index (χ0n) is 13.4. The van der Waals surface area contributed by atoms with Gasteiger partial charge in [0.2, 0.25) is 0 Å². The molecule has 24 heavy (non-hydrogen) atoms. The molecule has 0 aliphatic heterocycles. The van der Waals surface area contributed by atoms with Gasteiger partial charge in [0.15, 0.2) is 0 Å². The molecule has 3 N–H and O–H groups in total. The summed E-state index contributed by atoms with van der Waals surface area (Å²) in [5, 5.41) is 23.2. The number of nitriles is 1. The fraction of sp³-hybridized carbons (Fsp3) is 0.353. The van der Waals surface area contributed by atoms with Crippen LogP contribution in [-0.2, 0) is 9.59 Å². The van der Waals surface area contributed by atoms with Gasteiger partial charge in [-0.05, 0) is 53.4 Å². The van der Waals surface area contributed by atoms with Gasteiger partial charge >= 0.3 is 5.97 Å². The highest BCUT2D eigenvalue weighted by Gasteiger charge is 2.08. The number of benzene rings is 1. The lowest BCUT2D eigenvalue weighted by Crippen LogP contribution is -2.26. The standard InChI is InChI=1S/C17H20BrN3O3/c1-12-6-7-15(14(18)9-12)21-11-13(10-19)17(24)20-8-4-2-3-5-16(22)23/h6-7,9,11,21H,2-5,8H2,1H3,(H,20,24)(H,22,23)/b13-11-. The van der Waals surface area contributed by atoms with Gasteiger partial charge in [-0.2, -0.15) is 5.26 Å². The van der Waals surface area contributed by atoms with Gasteiger partial charge in [0.1, 0.15) is 11.6 Å². The number of hydrogen-bond donors (Lipinski definition) is 3. The van der Waals surface area contributed by atoms with E-state index in [1.807, 2.05) is 31.2 Å². The van der Waals surface area contributed by atoms with Crippen molar-refractivity contribution in [2.75, 3.05) is 11.9 Å². The first kappa shape index (κ1) is 19.7. The molecule has 128 valence electrons. The molecular formula is C17H20BrN3O3. The lowest BCUT2D eigenvalue weighted by molar-refractivity contribution is -0.137. The average molecular weight is 394 g/mol. The number of amides is 1. The first-order valence-corrected chi connectivity index (χ1v) is 8.36. The van der Waals surface area contributed by atoms with Crippen LogP contribution in [0.2, 0.25) is 0 Å². The molecule has 0 aliphatic rings. The van der Waals surface area contributed by atoms with Gasteiger partial charge < -0.3 is 15.7 Å². The van der Waals surface area contributed by atoms with E-state index in [9.17, 15) is 9.59 Å². The first-order chi connectivity index (χ1) is 11.4. The van der Waals surface area contributed by atoms with E-state index in [0.717, 1.165) is 15.7 Å². The number of carbonyl (C=O) groups excluding carboxylic acids is 1. The second kappa shape index (κ2) is 10.4. The summed E-state index contributed by atoms with van der Waals surface area (Å²) < 4.78 is 0.842. The van der Waals surface area contributed by atoms with E-state index in [2.05, 4.69) is 26.6 Å². The fourth-order valence-electron chi connectivity index (χ4n) is 1.91. The molecule has 0 aliphatic carbocycles. The molecule has 0 radical (unpaired) electrons. The second-order valence-electron chi connectivity index (χ2n) is 5.26. The van der Waals surface area contributed by atoms with Crippen LogP contribution < -0.4 is 10.6 Å². The van der Waals surface area contributed by atoms with Crippen LogP contribution in [0.5, 0.6) is 0 Å². The zero-order chi connectivity index (χ0) is 17.9. The topological polar surface area (TPSA) is 102 Å². The molecule has 0 aromatic heterocycles. The van der Waals surface area contributed by atoms with Gasteiger partial charge in [-0.1, -0.05) is 12.5 Å². The molecule has 7 heteroatoms. The number of aryl methyl sites for hydroxylation is 1. The Labute approximate surface area is 149 Å². The van der Waals surface area contributed by atoms with E-state index < -0.39 is 11.9 Å². The number of hydrogen-bond acceptors (Lipinski definition) is 4. The van der Waals surface area contributed by atoms with Crippen molar-refractivity contribution in [3.05, 3.63) is 40.0 Å². The monoisotopic (exact) mass is 393 g/mol. The van der Waals surface area contributed by atoms with Crippen LogP contribution in [0, 0.1) is 18.3 Å². The van der Waals surface area contributed by atoms with Crippen molar-refractivity contribution in [2.45, 2.75) is 32.6 Å². The van der Waals surface area contributed by atoms with Gasteiger partial charge in [-0.15, -0.1) is 0 Å². The highest BCUT2D eigenvalue weighted by molar-refractivity contribution is 9.10. The number of nitrogens with zero attached hydrogens (tertiary/aromatic N) is 1. The molecule has 0 bridgehead atoms. The molecule has 1 amide bonds. The lowest BCUT2D eigenvalue weighted by atomic mass is 10.2. The third-order valence-electron chi connectivity index (χ3n) is 3.21. The summed E-state index contributed by atoms with van der Waals surface area (Å²) in [6.07, 6.45) is 3.47. The summed E-state index contributed by atoms with van der Waals surface area (Å²) in [5.41, 5.74) is 1.83. The Hall–Kier alpha value is -2.33. The normalized spacial score (nSPS) is 10.8. The van der Waals surface area contributed by atoms with E-state index in [4.69, 9.17) is 10.4 Å². The Bertz CT molecular complexity index is 666. The minimum atomic E-state index is -0.818. The molecule has 1 rings (SSSR count). The third kappa shape index (κ3) is 7.29. The zero-order valence-corrected chi connectivity index (χ0v) is 15.0. The molecule has 0 saturated carbocycles. The molecule has 0 saturated heterocycles. The Kier molecular flexibility index (Phi) is 8.58. The van der Waals surface area contributed by atoms with Crippen LogP contribution in [0.25, 0.3) is 0 Å². The van der Waals surface area contributed by atoms with E-state index in [1.54, 1.807) is 0 Å². The van der Waals surface area contributed by atoms with Crippen molar-refractivity contribution >= 4 is 33.5 Å². The van der Waals surface area contributed by atoms with E-state index >= 15 is 0 Å². The van der Waals surface area contributed by atoms with Crippen LogP contribution >= 0.6 is 15.9 Å². The Morgan fingerprint density at radius 3 is 2.71 bits per heavy atom. The summed E-state index contributed by atoms with van der Waals surface area (Å²) in [4.78, 5) is 22.3. The van der Waals surface area contributed by atoms with Gasteiger partial charge in [0, 0.05) is 23.6 Å². The minimum absolute atomic E-state index is 0.0204. The SMILES string of the molecule is Cc1ccc(N/C=C(/C#N)C(=O)NCCCCCC(=O)O)c(Br)c1. The van der Waals surface area contributed by atoms with E-state index in [1.165, 1.54) is 6.20 Å². The van der Waals surface area contributed by atoms with Crippen LogP contribution in [0.1, 0.15) is 31.2 Å². The average Bonchev–Trinajstić information content (AvgIpc) is 2.52. The Balaban J connectivity index is 2.45. The number of rotatable bonds is 9. The third-order valence-corrected chi connectivity index (χ3v) is 3.87. The summed E-state index contributed by atoms with van der Waals surface area (Å²) in [6, 6.07) is 7.57. The van der Waals surface area contributed by atoms with E-state index in [-0.39, 0.29) is 12.0 Å². The maximum Gasteiger partial charge on any atom is 0.303 e. The van der Waals surface area contributed by atoms with Crippen molar-refractivity contribution in [3.63, 3.8) is 0 Å². The predicted octanol–water partition coefficient (Wildman–Crippen LogP) is 3.34. The number of carboxylic acids is 1. The van der Waals surface area contributed by atoms with Gasteiger partial charge in [0.25, 0.3) is 5.91 Å². The lowest BCUT2D eigenvalue weighted by Gasteiger charge is -2.07. The summed E-state index contributed by atoms with van der Waals surface area (Å²) in [6.45, 7) is 2.38. The molecular weight excluding hydrogens is 374 g/mol. The summed E-state index contributed by atoms with van der Waals surface area (Å²) in [7, 11) is 0. The summed E-state index contributed by atoms with van der Waals surface area (Å²) in [5.74, 6) is -1.27. The second-order valence-corrected chi connectivity index (χ2v) is 6.11. The number of nitrogens with one attached hydrogen (secondary N) is 2. The number of unbranched alkanes of at least 4 members (excludes halogenated alkanes) is 2. The number of anilines is 1. The fourth-order valence-corrected chi connectivity index (χ4v) is 2.52. The van der Waals surface area contributed by atoms with E-state index in [0.29, 0.717) is 25.8 Å². The minimum Gasteiger partial charge on any atom is -0.481 e. The molecule has 1 aromatic carbocycles. The van der Waals surface area contributed by atoms with Gasteiger partial charge in [-0.3, -0.25) is 9.59 Å². The molecule has 6 nitrogen and oxygen atoms in total. The van der Waals surface area contributed by atoms with Crippen LogP contribution in [0.4, 0.5) is 5.69 Å². The quantitative estimate of drug-likeness (QED) is 0.339. The van der Waals surface area contributed by atoms with Crippen LogP contribution in [-0.4, -0.2) is 23.5 Å². The molecule has 0 unspecified atom stereocenters. The van der Waals surface area contributed by atoms with Crippen molar-refractivity contribution in [1.29, 1.82) is 5.26 Å². The highest BCUT2D eigenvalue weighted by Crippen LogP contribution is 2.23.